The predicted molar refractivity (Wildman–Crippen MR) is 60.4 cm³/mol. The molecule has 2 rings (SSSR count). The van der Waals surface area contributed by atoms with E-state index in [0.717, 1.165) is 10.2 Å². The van der Waals surface area contributed by atoms with E-state index in [4.69, 9.17) is 11.1 Å². The highest BCUT2D eigenvalue weighted by Crippen LogP contribution is 2.23. The van der Waals surface area contributed by atoms with Crippen LogP contribution in [0.2, 0.25) is 0 Å². The van der Waals surface area contributed by atoms with Crippen LogP contribution in [0.15, 0.2) is 34.8 Å². The van der Waals surface area contributed by atoms with Gasteiger partial charge in [0, 0.05) is 18.8 Å². The van der Waals surface area contributed by atoms with E-state index in [9.17, 15) is 0 Å². The fourth-order valence-corrected chi connectivity index (χ4v) is 1.86. The lowest BCUT2D eigenvalue weighted by atomic mass is 10.2. The molecule has 0 amide bonds. The van der Waals surface area contributed by atoms with Crippen molar-refractivity contribution in [1.82, 2.24) is 19.7 Å². The molecular weight excluding hydrogens is 224 g/mol. The van der Waals surface area contributed by atoms with Gasteiger partial charge in [0.05, 0.1) is 0 Å². The van der Waals surface area contributed by atoms with Gasteiger partial charge in [-0.2, -0.15) is 0 Å². The number of aromatic nitrogens is 4. The van der Waals surface area contributed by atoms with Crippen LogP contribution in [-0.4, -0.2) is 25.6 Å². The van der Waals surface area contributed by atoms with Gasteiger partial charge in [-0.05, 0) is 23.9 Å². The Morgan fingerprint density at radius 1 is 1.56 bits per heavy atom. The molecule has 2 aromatic heterocycles. The molecule has 0 atom stereocenters. The van der Waals surface area contributed by atoms with Crippen molar-refractivity contribution in [2.45, 2.75) is 10.2 Å². The topological polar surface area (TPSA) is 93.5 Å². The highest BCUT2D eigenvalue weighted by Gasteiger charge is 2.06. The zero-order chi connectivity index (χ0) is 11.5. The second kappa shape index (κ2) is 4.31. The summed E-state index contributed by atoms with van der Waals surface area (Å²) in [6.45, 7) is 0. The summed E-state index contributed by atoms with van der Waals surface area (Å²) in [4.78, 5) is 4.17. The number of nitrogens with zero attached hydrogens (tertiary/aromatic N) is 4. The molecule has 0 aliphatic rings. The van der Waals surface area contributed by atoms with Crippen LogP contribution >= 0.6 is 11.8 Å². The summed E-state index contributed by atoms with van der Waals surface area (Å²) in [5, 5.41) is 16.5. The molecule has 7 heteroatoms. The number of rotatable bonds is 3. The molecule has 3 N–H and O–H groups in total. The maximum absolute atomic E-state index is 7.33. The van der Waals surface area contributed by atoms with Crippen molar-refractivity contribution >= 4 is 17.6 Å². The molecule has 0 fully saturated rings. The lowest BCUT2D eigenvalue weighted by Gasteiger charge is -2.02. The quantitative estimate of drug-likeness (QED) is 0.600. The van der Waals surface area contributed by atoms with Gasteiger partial charge in [-0.25, -0.2) is 4.98 Å². The molecule has 0 saturated carbocycles. The minimum absolute atomic E-state index is 0.0298. The highest BCUT2D eigenvalue weighted by atomic mass is 32.2. The molecular formula is C9H10N6S. The van der Waals surface area contributed by atoms with E-state index >= 15 is 0 Å². The van der Waals surface area contributed by atoms with E-state index < -0.39 is 0 Å². The van der Waals surface area contributed by atoms with Crippen molar-refractivity contribution in [3.05, 3.63) is 30.2 Å². The molecule has 0 saturated heterocycles. The molecule has 16 heavy (non-hydrogen) atoms. The molecule has 2 heterocycles. The van der Waals surface area contributed by atoms with E-state index in [1.165, 1.54) is 11.8 Å². The van der Waals surface area contributed by atoms with E-state index in [1.807, 2.05) is 7.05 Å². The van der Waals surface area contributed by atoms with E-state index in [2.05, 4.69) is 15.2 Å². The molecule has 0 aromatic carbocycles. The molecule has 0 bridgehead atoms. The monoisotopic (exact) mass is 234 g/mol. The first kappa shape index (κ1) is 10.6. The number of nitrogens with two attached hydrogens (primary N) is 1. The van der Waals surface area contributed by atoms with Gasteiger partial charge in [0.1, 0.15) is 17.2 Å². The van der Waals surface area contributed by atoms with Crippen molar-refractivity contribution in [3.8, 4) is 0 Å². The number of pyridine rings is 1. The van der Waals surface area contributed by atoms with Crippen LogP contribution in [0, 0.1) is 5.41 Å². The molecule has 6 nitrogen and oxygen atoms in total. The fraction of sp³-hybridized carbons (Fsp3) is 0.111. The summed E-state index contributed by atoms with van der Waals surface area (Å²) in [5.74, 6) is 0.0298. The number of aryl methyl sites for hydroxylation is 1. The van der Waals surface area contributed by atoms with Crippen LogP contribution in [0.3, 0.4) is 0 Å². The third-order valence-corrected chi connectivity index (χ3v) is 2.90. The van der Waals surface area contributed by atoms with Crippen molar-refractivity contribution in [3.63, 3.8) is 0 Å². The van der Waals surface area contributed by atoms with E-state index in [0.29, 0.717) is 5.56 Å². The number of hydrogen-bond donors (Lipinski definition) is 2. The first-order valence-electron chi connectivity index (χ1n) is 4.49. The van der Waals surface area contributed by atoms with Crippen molar-refractivity contribution in [2.24, 2.45) is 12.8 Å². The molecule has 0 aliphatic carbocycles. The molecule has 0 radical (unpaired) electrons. The Morgan fingerprint density at radius 3 is 3.00 bits per heavy atom. The van der Waals surface area contributed by atoms with Gasteiger partial charge in [-0.3, -0.25) is 5.41 Å². The number of amidine groups is 1. The summed E-state index contributed by atoms with van der Waals surface area (Å²) in [6, 6.07) is 3.45. The third kappa shape index (κ3) is 2.19. The average molecular weight is 234 g/mol. The van der Waals surface area contributed by atoms with Crippen molar-refractivity contribution in [2.75, 3.05) is 0 Å². The van der Waals surface area contributed by atoms with Gasteiger partial charge < -0.3 is 10.3 Å². The van der Waals surface area contributed by atoms with Gasteiger partial charge in [-0.1, -0.05) is 0 Å². The predicted octanol–water partition coefficient (Wildman–Crippen LogP) is 0.645. The molecule has 2 aromatic rings. The number of nitrogen functional groups attached to an aromatic ring is 1. The van der Waals surface area contributed by atoms with Crippen molar-refractivity contribution < 1.29 is 0 Å². The van der Waals surface area contributed by atoms with Gasteiger partial charge in [0.2, 0.25) is 0 Å². The summed E-state index contributed by atoms with van der Waals surface area (Å²) in [7, 11) is 1.86. The summed E-state index contributed by atoms with van der Waals surface area (Å²) < 4.78 is 1.80. The summed E-state index contributed by atoms with van der Waals surface area (Å²) >= 11 is 1.38. The van der Waals surface area contributed by atoms with Gasteiger partial charge in [0.25, 0.3) is 0 Å². The van der Waals surface area contributed by atoms with Crippen LogP contribution in [0.4, 0.5) is 0 Å². The van der Waals surface area contributed by atoms with Gasteiger partial charge in [-0.15, -0.1) is 10.2 Å². The second-order valence-corrected chi connectivity index (χ2v) is 4.11. The van der Waals surface area contributed by atoms with Crippen LogP contribution in [0.25, 0.3) is 0 Å². The largest absolute Gasteiger partial charge is 0.384 e. The first-order chi connectivity index (χ1) is 7.66. The maximum Gasteiger partial charge on any atom is 0.197 e. The minimum atomic E-state index is 0.0298. The zero-order valence-corrected chi connectivity index (χ0v) is 9.40. The highest BCUT2D eigenvalue weighted by molar-refractivity contribution is 7.99. The first-order valence-corrected chi connectivity index (χ1v) is 5.31. The lowest BCUT2D eigenvalue weighted by molar-refractivity contribution is 0.787. The van der Waals surface area contributed by atoms with Gasteiger partial charge >= 0.3 is 0 Å². The average Bonchev–Trinajstić information content (AvgIpc) is 2.65. The Labute approximate surface area is 96.4 Å². The van der Waals surface area contributed by atoms with Crippen LogP contribution in [-0.2, 0) is 7.05 Å². The van der Waals surface area contributed by atoms with Crippen LogP contribution < -0.4 is 5.73 Å². The fourth-order valence-electron chi connectivity index (χ4n) is 1.09. The second-order valence-electron chi connectivity index (χ2n) is 3.12. The molecule has 0 unspecified atom stereocenters. The summed E-state index contributed by atoms with van der Waals surface area (Å²) in [6.07, 6.45) is 3.24. The standard InChI is InChI=1S/C9H10N6S/c1-15-5-13-14-9(15)16-7-4-6(8(10)11)2-3-12-7/h2-5H,1H3,(H3,10,11). The van der Waals surface area contributed by atoms with Crippen molar-refractivity contribution in [1.29, 1.82) is 5.41 Å². The van der Waals surface area contributed by atoms with Crippen LogP contribution in [0.5, 0.6) is 0 Å². The molecule has 82 valence electrons. The SMILES string of the molecule is Cn1cnnc1Sc1cc(C(=N)N)ccn1. The summed E-state index contributed by atoms with van der Waals surface area (Å²) in [5.41, 5.74) is 6.05. The lowest BCUT2D eigenvalue weighted by Crippen LogP contribution is -2.11. The number of hydrogen-bond acceptors (Lipinski definition) is 5. The normalized spacial score (nSPS) is 10.3. The maximum atomic E-state index is 7.33. The Kier molecular flexibility index (Phi) is 2.86. The Balaban J connectivity index is 2.25. The molecule has 0 spiro atoms. The van der Waals surface area contributed by atoms with E-state index in [-0.39, 0.29) is 5.84 Å². The van der Waals surface area contributed by atoms with E-state index in [1.54, 1.807) is 29.2 Å². The Bertz CT molecular complexity index is 520. The van der Waals surface area contributed by atoms with Crippen LogP contribution in [0.1, 0.15) is 5.56 Å². The minimum Gasteiger partial charge on any atom is -0.384 e. The van der Waals surface area contributed by atoms with Gasteiger partial charge in [0.15, 0.2) is 5.16 Å². The smallest absolute Gasteiger partial charge is 0.197 e. The number of nitrogens with one attached hydrogen (secondary N) is 1. The molecule has 0 aliphatic heterocycles. The third-order valence-electron chi connectivity index (χ3n) is 1.91. The Hall–Kier alpha value is -1.89. The Morgan fingerprint density at radius 2 is 2.38 bits per heavy atom. The zero-order valence-electron chi connectivity index (χ0n) is 8.58.